The van der Waals surface area contributed by atoms with Crippen molar-refractivity contribution in [2.24, 2.45) is 11.3 Å². The first kappa shape index (κ1) is 16.5. The van der Waals surface area contributed by atoms with Gasteiger partial charge in [-0.05, 0) is 23.3 Å². The summed E-state index contributed by atoms with van der Waals surface area (Å²) in [6.45, 7) is 11.3. The van der Waals surface area contributed by atoms with Gasteiger partial charge < -0.3 is 10.4 Å². The summed E-state index contributed by atoms with van der Waals surface area (Å²) in [4.78, 5) is 2.54. The molecule has 3 nitrogen and oxygen atoms in total. The van der Waals surface area contributed by atoms with Gasteiger partial charge in [0.1, 0.15) is 0 Å². The zero-order chi connectivity index (χ0) is 15.3. The fourth-order valence-electron chi connectivity index (χ4n) is 3.10. The van der Waals surface area contributed by atoms with Gasteiger partial charge >= 0.3 is 0 Å². The van der Waals surface area contributed by atoms with Crippen molar-refractivity contribution >= 4 is 0 Å². The lowest BCUT2D eigenvalue weighted by Crippen LogP contribution is -2.41. The van der Waals surface area contributed by atoms with Gasteiger partial charge in [-0.1, -0.05) is 51.1 Å². The van der Waals surface area contributed by atoms with Crippen LogP contribution in [-0.2, 0) is 6.54 Å². The zero-order valence-corrected chi connectivity index (χ0v) is 13.7. The van der Waals surface area contributed by atoms with E-state index in [1.807, 2.05) is 0 Å². The van der Waals surface area contributed by atoms with Crippen molar-refractivity contribution in [3.63, 3.8) is 0 Å². The van der Waals surface area contributed by atoms with Crippen LogP contribution in [0.3, 0.4) is 0 Å². The van der Waals surface area contributed by atoms with E-state index in [1.165, 1.54) is 5.56 Å². The Bertz CT molecular complexity index is 418. The number of rotatable bonds is 7. The number of aliphatic hydroxyl groups is 1. The van der Waals surface area contributed by atoms with Crippen LogP contribution in [-0.4, -0.2) is 42.3 Å². The van der Waals surface area contributed by atoms with E-state index in [0.29, 0.717) is 12.0 Å². The second kappa shape index (κ2) is 7.39. The molecule has 0 aromatic heterocycles. The summed E-state index contributed by atoms with van der Waals surface area (Å²) in [5.41, 5.74) is 1.56. The average molecular weight is 290 g/mol. The van der Waals surface area contributed by atoms with Crippen LogP contribution in [0.5, 0.6) is 0 Å². The second-order valence-corrected chi connectivity index (χ2v) is 7.28. The van der Waals surface area contributed by atoms with Gasteiger partial charge in [-0.25, -0.2) is 0 Å². The molecule has 1 saturated heterocycles. The molecule has 3 heteroatoms. The summed E-state index contributed by atoms with van der Waals surface area (Å²) < 4.78 is 0. The van der Waals surface area contributed by atoms with Crippen molar-refractivity contribution < 1.29 is 5.11 Å². The molecule has 1 heterocycles. The molecule has 2 N–H and O–H groups in total. The van der Waals surface area contributed by atoms with Crippen molar-refractivity contribution in [2.75, 3.05) is 26.2 Å². The minimum Gasteiger partial charge on any atom is -0.396 e. The Morgan fingerprint density at radius 3 is 2.62 bits per heavy atom. The van der Waals surface area contributed by atoms with Crippen molar-refractivity contribution in [3.05, 3.63) is 35.9 Å². The Hall–Kier alpha value is -0.900. The molecule has 21 heavy (non-hydrogen) atoms. The second-order valence-electron chi connectivity index (χ2n) is 7.28. The first-order valence-electron chi connectivity index (χ1n) is 8.11. The number of hydrogen-bond donors (Lipinski definition) is 2. The largest absolute Gasteiger partial charge is 0.396 e. The maximum Gasteiger partial charge on any atom is 0.0436 e. The highest BCUT2D eigenvalue weighted by Crippen LogP contribution is 2.22. The predicted octanol–water partition coefficient (Wildman–Crippen LogP) is 2.51. The van der Waals surface area contributed by atoms with E-state index in [2.05, 4.69) is 61.3 Å². The molecule has 0 unspecified atom stereocenters. The number of nitrogens with zero attached hydrogens (tertiary/aromatic N) is 1. The summed E-state index contributed by atoms with van der Waals surface area (Å²) in [6, 6.07) is 11.3. The predicted molar refractivity (Wildman–Crippen MR) is 88.2 cm³/mol. The minimum absolute atomic E-state index is 0.168. The molecule has 2 atom stereocenters. The molecule has 0 spiro atoms. The van der Waals surface area contributed by atoms with Crippen LogP contribution < -0.4 is 5.32 Å². The molecule has 1 aromatic carbocycles. The topological polar surface area (TPSA) is 35.5 Å². The average Bonchev–Trinajstić information content (AvgIpc) is 2.78. The van der Waals surface area contributed by atoms with Crippen LogP contribution in [0.4, 0.5) is 0 Å². The van der Waals surface area contributed by atoms with Gasteiger partial charge in [0.05, 0.1) is 0 Å². The molecular formula is C18H30N2O. The molecule has 1 aliphatic rings. The number of benzene rings is 1. The Morgan fingerprint density at radius 1 is 1.24 bits per heavy atom. The summed E-state index contributed by atoms with van der Waals surface area (Å²) >= 11 is 0. The van der Waals surface area contributed by atoms with Crippen molar-refractivity contribution in [3.8, 4) is 0 Å². The van der Waals surface area contributed by atoms with Gasteiger partial charge in [-0.2, -0.15) is 0 Å². The Morgan fingerprint density at radius 2 is 1.95 bits per heavy atom. The fraction of sp³-hybridized carbons (Fsp3) is 0.667. The lowest BCUT2D eigenvalue weighted by molar-refractivity contribution is 0.200. The number of likely N-dealkylation sites (tertiary alicyclic amines) is 1. The SMILES string of the molecule is C[C@@H]1CN(Cc2ccccc2)C[C@H]1NCC(C)(C)CCO. The molecule has 2 rings (SSSR count). The van der Waals surface area contributed by atoms with Gasteiger partial charge in [0.25, 0.3) is 0 Å². The third kappa shape index (κ3) is 5.10. The van der Waals surface area contributed by atoms with E-state index in [1.54, 1.807) is 0 Å². The third-order valence-electron chi connectivity index (χ3n) is 4.57. The van der Waals surface area contributed by atoms with Crippen molar-refractivity contribution in [1.82, 2.24) is 10.2 Å². The Balaban J connectivity index is 1.81. The van der Waals surface area contributed by atoms with Gasteiger partial charge in [-0.3, -0.25) is 4.90 Å². The highest BCUT2D eigenvalue weighted by Gasteiger charge is 2.30. The van der Waals surface area contributed by atoms with Crippen LogP contribution >= 0.6 is 0 Å². The first-order chi connectivity index (χ1) is 10.00. The number of hydrogen-bond acceptors (Lipinski definition) is 3. The van der Waals surface area contributed by atoms with Crippen molar-refractivity contribution in [1.29, 1.82) is 0 Å². The molecule has 0 amide bonds. The van der Waals surface area contributed by atoms with E-state index >= 15 is 0 Å². The Labute approximate surface area is 129 Å². The van der Waals surface area contributed by atoms with E-state index in [4.69, 9.17) is 5.11 Å². The monoisotopic (exact) mass is 290 g/mol. The molecule has 1 fully saturated rings. The highest BCUT2D eigenvalue weighted by molar-refractivity contribution is 5.14. The lowest BCUT2D eigenvalue weighted by atomic mass is 9.89. The minimum atomic E-state index is 0.168. The molecule has 0 bridgehead atoms. The van der Waals surface area contributed by atoms with E-state index in [0.717, 1.165) is 32.6 Å². The van der Waals surface area contributed by atoms with Crippen LogP contribution in [0.25, 0.3) is 0 Å². The van der Waals surface area contributed by atoms with E-state index in [-0.39, 0.29) is 12.0 Å². The molecule has 1 aromatic rings. The molecule has 0 aliphatic carbocycles. The van der Waals surface area contributed by atoms with Gasteiger partial charge in [0, 0.05) is 38.8 Å². The molecule has 118 valence electrons. The summed E-state index contributed by atoms with van der Waals surface area (Å²) in [6.07, 6.45) is 0.856. The van der Waals surface area contributed by atoms with Crippen LogP contribution in [0.2, 0.25) is 0 Å². The molecule has 0 saturated carbocycles. The summed E-state index contributed by atoms with van der Waals surface area (Å²) in [7, 11) is 0. The first-order valence-corrected chi connectivity index (χ1v) is 8.11. The number of nitrogens with one attached hydrogen (secondary N) is 1. The molecule has 1 aliphatic heterocycles. The maximum atomic E-state index is 9.12. The van der Waals surface area contributed by atoms with E-state index in [9.17, 15) is 0 Å². The number of aliphatic hydroxyl groups excluding tert-OH is 1. The smallest absolute Gasteiger partial charge is 0.0436 e. The quantitative estimate of drug-likeness (QED) is 0.810. The van der Waals surface area contributed by atoms with Gasteiger partial charge in [0.15, 0.2) is 0 Å². The lowest BCUT2D eigenvalue weighted by Gasteiger charge is -2.27. The molecule has 0 radical (unpaired) electrons. The van der Waals surface area contributed by atoms with Crippen LogP contribution in [0.1, 0.15) is 32.8 Å². The van der Waals surface area contributed by atoms with Crippen molar-refractivity contribution in [2.45, 2.75) is 39.8 Å². The molecular weight excluding hydrogens is 260 g/mol. The van der Waals surface area contributed by atoms with Crippen LogP contribution in [0.15, 0.2) is 30.3 Å². The third-order valence-corrected chi connectivity index (χ3v) is 4.57. The summed E-state index contributed by atoms with van der Waals surface area (Å²) in [5.74, 6) is 0.679. The van der Waals surface area contributed by atoms with E-state index < -0.39 is 0 Å². The summed E-state index contributed by atoms with van der Waals surface area (Å²) in [5, 5.41) is 12.8. The zero-order valence-electron chi connectivity index (χ0n) is 13.7. The standard InChI is InChI=1S/C18H30N2O/c1-15-11-20(12-16-7-5-4-6-8-16)13-17(15)19-14-18(2,3)9-10-21/h4-8,15,17,19,21H,9-14H2,1-3H3/t15-,17-/m1/s1. The van der Waals surface area contributed by atoms with Gasteiger partial charge in [0.2, 0.25) is 0 Å². The van der Waals surface area contributed by atoms with Gasteiger partial charge in [-0.15, -0.1) is 0 Å². The van der Waals surface area contributed by atoms with Crippen LogP contribution in [0, 0.1) is 11.3 Å². The maximum absolute atomic E-state index is 9.12. The highest BCUT2D eigenvalue weighted by atomic mass is 16.3. The normalized spacial score (nSPS) is 23.6. The fourth-order valence-corrected chi connectivity index (χ4v) is 3.10. The Kier molecular flexibility index (Phi) is 5.80.